The van der Waals surface area contributed by atoms with Gasteiger partial charge < -0.3 is 14.4 Å². The van der Waals surface area contributed by atoms with Gasteiger partial charge in [0, 0.05) is 84.2 Å². The highest BCUT2D eigenvalue weighted by Crippen LogP contribution is 2.52. The largest absolute Gasteiger partial charge is 0.333 e. The first kappa shape index (κ1) is 68.5. The topological polar surface area (TPSA) is 136 Å². The molecule has 0 saturated heterocycles. The second kappa shape index (κ2) is 29.5. The summed E-state index contributed by atoms with van der Waals surface area (Å²) in [7, 11) is 0. The minimum Gasteiger partial charge on any atom is -0.333 e. The summed E-state index contributed by atoms with van der Waals surface area (Å²) in [6, 6.07) is 133. The minimum atomic E-state index is -0.0764. The lowest BCUT2D eigenvalue weighted by molar-refractivity contribution is 0.745. The average molecular weight is 1470 g/mol. The molecule has 20 rings (SSSR count). The summed E-state index contributed by atoms with van der Waals surface area (Å²) in [5, 5.41) is 23.9. The molecule has 0 fully saturated rings. The van der Waals surface area contributed by atoms with Gasteiger partial charge in [-0.1, -0.05) is 273 Å². The van der Waals surface area contributed by atoms with Crippen LogP contribution in [0.5, 0.6) is 0 Å². The molecule has 0 bridgehead atoms. The first-order chi connectivity index (χ1) is 56.8. The quantitative estimate of drug-likeness (QED) is 0.0919. The van der Waals surface area contributed by atoms with Gasteiger partial charge in [-0.3, -0.25) is 0 Å². The summed E-state index contributed by atoms with van der Waals surface area (Å²) < 4.78 is 2.37. The summed E-state index contributed by atoms with van der Waals surface area (Å²) in [5.41, 5.74) is 24.4. The van der Waals surface area contributed by atoms with Crippen molar-refractivity contribution < 1.29 is 0 Å². The van der Waals surface area contributed by atoms with Gasteiger partial charge in [0.15, 0.2) is 34.9 Å². The van der Waals surface area contributed by atoms with Crippen molar-refractivity contribution in [1.82, 2.24) is 34.5 Å². The van der Waals surface area contributed by atoms with Crippen molar-refractivity contribution in [2.24, 2.45) is 0 Å². The molecule has 115 heavy (non-hydrogen) atoms. The molecule has 2 aliphatic rings. The van der Waals surface area contributed by atoms with Crippen LogP contribution >= 0.6 is 0 Å². The molecule has 0 saturated carbocycles. The summed E-state index contributed by atoms with van der Waals surface area (Å²) in [6.07, 6.45) is 8.89. The van der Waals surface area contributed by atoms with Crippen LogP contribution in [0.15, 0.2) is 394 Å². The van der Waals surface area contributed by atoms with Crippen LogP contribution in [-0.4, -0.2) is 40.5 Å². The number of aromatic nitrogens is 7. The molecular formula is C104H67N11. The van der Waals surface area contributed by atoms with E-state index in [0.29, 0.717) is 46.1 Å². The maximum atomic E-state index is 11.3. The van der Waals surface area contributed by atoms with E-state index < -0.39 is 0 Å². The van der Waals surface area contributed by atoms with Gasteiger partial charge in [0.2, 0.25) is 0 Å². The number of rotatable bonds is 16. The van der Waals surface area contributed by atoms with Crippen LogP contribution in [0, 0.1) is 22.7 Å². The second-order valence-corrected chi connectivity index (χ2v) is 28.9. The third-order valence-corrected chi connectivity index (χ3v) is 21.7. The predicted molar refractivity (Wildman–Crippen MR) is 465 cm³/mol. The summed E-state index contributed by atoms with van der Waals surface area (Å²) in [6.45, 7) is 0. The second-order valence-electron chi connectivity index (χ2n) is 28.9. The number of allylic oxidation sites excluding steroid dienone is 2. The highest BCUT2D eigenvalue weighted by molar-refractivity contribution is 6.11. The standard InChI is InChI=1S/C104H67N11/c105-66-68-26-24-37-75(52-68)82-57-84(61-89(59-82)114-95-45-23-22-44-91(95)94-51-48-88(65-98(94)114)113(86-40-18-6-19-41-86)87-42-20-7-21-43-87)104-111-101(74-35-16-5-17-36-74)108-102(112-104)79-39-25-38-76(55-79)80-53-69(67-106)54-81(56-80)83-58-85(103-109-99(72-31-12-3-13-32-72)107-100(110-103)73-33-14-4-15-34-73)62-90(60-83)115-96-63-77(70-27-8-1-9-28-70)46-49-92(96)93-50-47-78(64-97(93)115)71-29-10-2-11-30-71/h1-65,91,95H. The Morgan fingerprint density at radius 1 is 0.261 bits per heavy atom. The lowest BCUT2D eigenvalue weighted by atomic mass is 9.91. The third-order valence-electron chi connectivity index (χ3n) is 21.7. The zero-order valence-corrected chi connectivity index (χ0v) is 62.1. The molecule has 538 valence electrons. The molecule has 4 heterocycles. The van der Waals surface area contributed by atoms with E-state index in [0.717, 1.165) is 145 Å². The molecule has 0 N–H and O–H groups in total. The van der Waals surface area contributed by atoms with Gasteiger partial charge in [-0.15, -0.1) is 0 Å². The van der Waals surface area contributed by atoms with Gasteiger partial charge in [0.1, 0.15) is 0 Å². The maximum Gasteiger partial charge on any atom is 0.164 e. The lowest BCUT2D eigenvalue weighted by Gasteiger charge is -2.30. The maximum absolute atomic E-state index is 11.3. The van der Waals surface area contributed by atoms with Gasteiger partial charge in [0.25, 0.3) is 0 Å². The van der Waals surface area contributed by atoms with Crippen molar-refractivity contribution in [3.63, 3.8) is 0 Å². The average Bonchev–Trinajstić information content (AvgIpc) is 1.59. The smallest absolute Gasteiger partial charge is 0.164 e. The van der Waals surface area contributed by atoms with Crippen LogP contribution in [0.25, 0.3) is 151 Å². The Labute approximate surface area is 665 Å². The summed E-state index contributed by atoms with van der Waals surface area (Å²) in [4.78, 5) is 36.9. The van der Waals surface area contributed by atoms with Crippen molar-refractivity contribution >= 4 is 50.2 Å². The van der Waals surface area contributed by atoms with Gasteiger partial charge in [0.05, 0.1) is 40.3 Å². The number of fused-ring (bicyclic) bond motifs is 6. The molecule has 2 unspecified atom stereocenters. The highest BCUT2D eigenvalue weighted by atomic mass is 15.2. The fourth-order valence-electron chi connectivity index (χ4n) is 16.3. The van der Waals surface area contributed by atoms with E-state index in [2.05, 4.69) is 263 Å². The Morgan fingerprint density at radius 2 is 0.626 bits per heavy atom. The number of para-hydroxylation sites is 2. The molecule has 2 atom stereocenters. The highest BCUT2D eigenvalue weighted by Gasteiger charge is 2.39. The van der Waals surface area contributed by atoms with Crippen molar-refractivity contribution in [3.8, 4) is 142 Å². The van der Waals surface area contributed by atoms with Crippen molar-refractivity contribution in [2.45, 2.75) is 12.0 Å². The first-order valence-corrected chi connectivity index (χ1v) is 38.4. The van der Waals surface area contributed by atoms with E-state index in [4.69, 9.17) is 29.9 Å². The third kappa shape index (κ3) is 13.2. The van der Waals surface area contributed by atoms with Crippen molar-refractivity contribution in [1.29, 1.82) is 10.5 Å². The molecule has 0 amide bonds. The fraction of sp³-hybridized carbons (Fsp3) is 0.0192. The number of hydrogen-bond donors (Lipinski definition) is 0. The number of nitriles is 2. The number of anilines is 5. The van der Waals surface area contributed by atoms with Gasteiger partial charge in [-0.05, 0) is 183 Å². The monoisotopic (exact) mass is 1470 g/mol. The van der Waals surface area contributed by atoms with Crippen molar-refractivity contribution in [2.75, 3.05) is 9.80 Å². The SMILES string of the molecule is N#Cc1cccc(-c2cc(-c3nc(-c4ccccc4)nc(-c4cccc(-c5cc(C#N)cc(-c6cc(-c7nc(-c8ccccc8)nc(-c8ccccc8)n7)cc(-n7c8cc(-c9ccccc9)ccc8c8ccc(-c9ccccc9)cc87)c6)c5)c4)n3)cc(N3c4cc(N(c5ccccc5)c5ccccc5)ccc4C4C=CC=CC43)c2)c1. The van der Waals surface area contributed by atoms with Crippen LogP contribution in [0.4, 0.5) is 28.4 Å². The van der Waals surface area contributed by atoms with Crippen LogP contribution in [0.1, 0.15) is 22.6 Å². The molecule has 11 nitrogen and oxygen atoms in total. The Hall–Kier alpha value is -15.8. The number of benzene rings is 15. The molecule has 11 heteroatoms. The molecular weight excluding hydrogens is 1400 g/mol. The molecule has 15 aromatic carbocycles. The Kier molecular flexibility index (Phi) is 17.6. The Bertz CT molecular complexity index is 6740. The van der Waals surface area contributed by atoms with E-state index in [1.807, 2.05) is 158 Å². The number of hydrogen-bond acceptors (Lipinski definition) is 10. The van der Waals surface area contributed by atoms with E-state index in [1.165, 1.54) is 5.56 Å². The number of nitrogens with zero attached hydrogens (tertiary/aromatic N) is 11. The summed E-state index contributed by atoms with van der Waals surface area (Å²) in [5.74, 6) is 3.02. The Balaban J connectivity index is 0.755. The van der Waals surface area contributed by atoms with Gasteiger partial charge in [-0.25, -0.2) is 29.9 Å². The van der Waals surface area contributed by atoms with E-state index >= 15 is 0 Å². The van der Waals surface area contributed by atoms with Crippen LogP contribution in [0.2, 0.25) is 0 Å². The zero-order chi connectivity index (χ0) is 76.7. The molecule has 1 aliphatic heterocycles. The fourth-order valence-corrected chi connectivity index (χ4v) is 16.3. The van der Waals surface area contributed by atoms with E-state index in [9.17, 15) is 10.5 Å². The van der Waals surface area contributed by atoms with Gasteiger partial charge >= 0.3 is 0 Å². The first-order valence-electron chi connectivity index (χ1n) is 38.4. The molecule has 18 aromatic rings. The van der Waals surface area contributed by atoms with E-state index in [-0.39, 0.29) is 12.0 Å². The normalized spacial score (nSPS) is 13.3. The molecule has 0 spiro atoms. The van der Waals surface area contributed by atoms with Gasteiger partial charge in [-0.2, -0.15) is 10.5 Å². The lowest BCUT2D eigenvalue weighted by Crippen LogP contribution is -2.28. The predicted octanol–water partition coefficient (Wildman–Crippen LogP) is 25.4. The zero-order valence-electron chi connectivity index (χ0n) is 62.1. The molecule has 3 aromatic heterocycles. The van der Waals surface area contributed by atoms with Crippen LogP contribution < -0.4 is 9.80 Å². The minimum absolute atomic E-state index is 0.0528. The molecule has 0 radical (unpaired) electrons. The van der Waals surface area contributed by atoms with Crippen molar-refractivity contribution in [3.05, 3.63) is 411 Å². The van der Waals surface area contributed by atoms with E-state index in [1.54, 1.807) is 0 Å². The Morgan fingerprint density at radius 3 is 1.15 bits per heavy atom. The summed E-state index contributed by atoms with van der Waals surface area (Å²) >= 11 is 0. The van der Waals surface area contributed by atoms with Crippen LogP contribution in [-0.2, 0) is 0 Å². The van der Waals surface area contributed by atoms with Crippen LogP contribution in [0.3, 0.4) is 0 Å². The molecule has 1 aliphatic carbocycles.